The molecule has 2 aromatic carbocycles. The van der Waals surface area contributed by atoms with Crippen LogP contribution in [0, 0.1) is 6.92 Å². The molecular weight excluding hydrogens is 392 g/mol. The van der Waals surface area contributed by atoms with Crippen LogP contribution in [0.3, 0.4) is 0 Å². The van der Waals surface area contributed by atoms with Crippen molar-refractivity contribution in [3.05, 3.63) is 68.7 Å². The Hall–Kier alpha value is -2.86. The monoisotopic (exact) mass is 414 g/mol. The molecule has 1 atom stereocenters. The largest absolute Gasteiger partial charge is 0.482 e. The van der Waals surface area contributed by atoms with Gasteiger partial charge in [-0.15, -0.1) is 0 Å². The molecule has 3 rings (SSSR count). The zero-order chi connectivity index (χ0) is 21.1. The van der Waals surface area contributed by atoms with Gasteiger partial charge in [0.15, 0.2) is 18.5 Å². The van der Waals surface area contributed by atoms with E-state index < -0.39 is 12.1 Å². The van der Waals surface area contributed by atoms with Gasteiger partial charge in [0.05, 0.1) is 10.9 Å². The van der Waals surface area contributed by atoms with Crippen LogP contribution in [0.2, 0.25) is 5.02 Å². The van der Waals surface area contributed by atoms with Crippen LogP contribution in [0.15, 0.2) is 41.2 Å². The molecule has 1 heterocycles. The molecule has 0 aliphatic carbocycles. The number of rotatable bonds is 6. The quantitative estimate of drug-likeness (QED) is 0.591. The van der Waals surface area contributed by atoms with Crippen LogP contribution in [-0.2, 0) is 9.53 Å². The molecule has 0 bridgehead atoms. The average molecular weight is 415 g/mol. The number of para-hydroxylation sites is 1. The first-order chi connectivity index (χ1) is 13.8. The summed E-state index contributed by atoms with van der Waals surface area (Å²) >= 11 is 6.20. The third kappa shape index (κ3) is 4.77. The Kier molecular flexibility index (Phi) is 6.23. The second kappa shape index (κ2) is 8.66. The van der Waals surface area contributed by atoms with E-state index in [9.17, 15) is 9.59 Å². The molecule has 0 spiro atoms. The number of hydrogen-bond acceptors (Lipinski definition) is 5. The lowest BCUT2D eigenvalue weighted by atomic mass is 10.0. The number of esters is 1. The van der Waals surface area contributed by atoms with Crippen molar-refractivity contribution in [2.45, 2.75) is 39.7 Å². The Bertz CT molecular complexity index is 1110. The van der Waals surface area contributed by atoms with Crippen molar-refractivity contribution in [3.63, 3.8) is 0 Å². The van der Waals surface area contributed by atoms with Gasteiger partial charge in [-0.3, -0.25) is 4.79 Å². The second-order valence-corrected chi connectivity index (χ2v) is 7.59. The van der Waals surface area contributed by atoms with Crippen LogP contribution in [0.4, 0.5) is 0 Å². The minimum absolute atomic E-state index is 0.185. The summed E-state index contributed by atoms with van der Waals surface area (Å²) in [6.07, 6.45) is -0.722. The summed E-state index contributed by atoms with van der Waals surface area (Å²) in [7, 11) is 0. The van der Waals surface area contributed by atoms with Gasteiger partial charge in [-0.25, -0.2) is 9.78 Å². The van der Waals surface area contributed by atoms with Gasteiger partial charge < -0.3 is 14.5 Å². The fraction of sp³-hybridized carbons (Fsp3) is 0.318. The van der Waals surface area contributed by atoms with Crippen molar-refractivity contribution < 1.29 is 14.3 Å². The van der Waals surface area contributed by atoms with Crippen LogP contribution >= 0.6 is 11.6 Å². The summed E-state index contributed by atoms with van der Waals surface area (Å²) in [5.41, 5.74) is 2.05. The Morgan fingerprint density at radius 1 is 1.21 bits per heavy atom. The number of hydrogen-bond donors (Lipinski definition) is 1. The molecule has 0 saturated heterocycles. The van der Waals surface area contributed by atoms with E-state index in [4.69, 9.17) is 21.1 Å². The zero-order valence-corrected chi connectivity index (χ0v) is 17.5. The molecule has 0 amide bonds. The number of nitrogens with one attached hydrogen (secondary N) is 1. The number of H-pyrrole nitrogens is 1. The highest BCUT2D eigenvalue weighted by molar-refractivity contribution is 6.31. The molecule has 1 N–H and O–H groups in total. The molecule has 0 aliphatic heterocycles. The lowest BCUT2D eigenvalue weighted by Gasteiger charge is -2.17. The van der Waals surface area contributed by atoms with Crippen LogP contribution < -0.4 is 10.3 Å². The standard InChI is InChI=1S/C22H23ClN2O4/c1-12(2)16-10-17(23)13(3)9-19(16)28-11-20(26)29-14(4)21-24-18-8-6-5-7-15(18)22(27)25-21/h5-10,12,14H,11H2,1-4H3,(H,24,25,27)/t14-/m1/s1. The van der Waals surface area contributed by atoms with E-state index in [1.165, 1.54) is 0 Å². The lowest BCUT2D eigenvalue weighted by Crippen LogP contribution is -2.21. The van der Waals surface area contributed by atoms with Crippen LogP contribution in [0.25, 0.3) is 10.9 Å². The molecule has 3 aromatic rings. The maximum absolute atomic E-state index is 12.3. The number of benzene rings is 2. The van der Waals surface area contributed by atoms with E-state index in [1.807, 2.05) is 32.9 Å². The van der Waals surface area contributed by atoms with Crippen molar-refractivity contribution in [2.24, 2.45) is 0 Å². The normalized spacial score (nSPS) is 12.2. The van der Waals surface area contributed by atoms with E-state index in [0.717, 1.165) is 11.1 Å². The molecule has 0 unspecified atom stereocenters. The number of nitrogens with zero attached hydrogens (tertiary/aromatic N) is 1. The van der Waals surface area contributed by atoms with E-state index in [-0.39, 0.29) is 23.9 Å². The summed E-state index contributed by atoms with van der Waals surface area (Å²) in [6.45, 7) is 7.31. The molecule has 152 valence electrons. The molecule has 0 radical (unpaired) electrons. The lowest BCUT2D eigenvalue weighted by molar-refractivity contribution is -0.151. The topological polar surface area (TPSA) is 81.3 Å². The van der Waals surface area contributed by atoms with Crippen LogP contribution in [-0.4, -0.2) is 22.5 Å². The van der Waals surface area contributed by atoms with E-state index in [2.05, 4.69) is 9.97 Å². The number of aromatic amines is 1. The van der Waals surface area contributed by atoms with Gasteiger partial charge >= 0.3 is 5.97 Å². The molecule has 1 aromatic heterocycles. The van der Waals surface area contributed by atoms with Gasteiger partial charge in [0.25, 0.3) is 5.56 Å². The Labute approximate surface area is 173 Å². The zero-order valence-electron chi connectivity index (χ0n) is 16.8. The molecule has 0 saturated carbocycles. The molecule has 0 fully saturated rings. The van der Waals surface area contributed by atoms with E-state index in [1.54, 1.807) is 31.2 Å². The fourth-order valence-electron chi connectivity index (χ4n) is 2.97. The maximum atomic E-state index is 12.3. The highest BCUT2D eigenvalue weighted by atomic mass is 35.5. The summed E-state index contributed by atoms with van der Waals surface area (Å²) in [6, 6.07) is 10.7. The SMILES string of the molecule is Cc1cc(OCC(=O)O[C@H](C)c2nc3ccccc3c(=O)[nH]2)c(C(C)C)cc1Cl. The Morgan fingerprint density at radius 3 is 2.66 bits per heavy atom. The Balaban J connectivity index is 1.70. The van der Waals surface area contributed by atoms with Gasteiger partial charge in [0, 0.05) is 5.02 Å². The highest BCUT2D eigenvalue weighted by Crippen LogP contribution is 2.32. The minimum atomic E-state index is -0.722. The molecule has 7 heteroatoms. The van der Waals surface area contributed by atoms with Gasteiger partial charge in [0.1, 0.15) is 5.75 Å². The predicted molar refractivity (Wildman–Crippen MR) is 113 cm³/mol. The molecule has 0 aliphatic rings. The van der Waals surface area contributed by atoms with Gasteiger partial charge in [-0.1, -0.05) is 37.6 Å². The molecule has 6 nitrogen and oxygen atoms in total. The average Bonchev–Trinajstić information content (AvgIpc) is 2.68. The van der Waals surface area contributed by atoms with Crippen molar-refractivity contribution >= 4 is 28.5 Å². The number of carbonyl (C=O) groups is 1. The molecule has 29 heavy (non-hydrogen) atoms. The number of fused-ring (bicyclic) bond motifs is 1. The summed E-state index contributed by atoms with van der Waals surface area (Å²) < 4.78 is 11.1. The number of aromatic nitrogens is 2. The maximum Gasteiger partial charge on any atom is 0.344 e. The first-order valence-corrected chi connectivity index (χ1v) is 9.75. The van der Waals surface area contributed by atoms with Gasteiger partial charge in [-0.05, 0) is 55.2 Å². The second-order valence-electron chi connectivity index (χ2n) is 7.18. The van der Waals surface area contributed by atoms with Crippen molar-refractivity contribution in [1.29, 1.82) is 0 Å². The Morgan fingerprint density at radius 2 is 1.93 bits per heavy atom. The minimum Gasteiger partial charge on any atom is -0.482 e. The number of halogens is 1. The first kappa shape index (κ1) is 20.9. The third-order valence-corrected chi connectivity index (χ3v) is 4.99. The number of carbonyl (C=O) groups excluding carboxylic acids is 1. The summed E-state index contributed by atoms with van der Waals surface area (Å²) in [4.78, 5) is 31.5. The highest BCUT2D eigenvalue weighted by Gasteiger charge is 2.17. The number of ether oxygens (including phenoxy) is 2. The van der Waals surface area contributed by atoms with Crippen molar-refractivity contribution in [3.8, 4) is 5.75 Å². The van der Waals surface area contributed by atoms with Gasteiger partial charge in [0.2, 0.25) is 0 Å². The van der Waals surface area contributed by atoms with E-state index >= 15 is 0 Å². The van der Waals surface area contributed by atoms with Gasteiger partial charge in [-0.2, -0.15) is 0 Å². The number of aryl methyl sites for hydroxylation is 1. The van der Waals surface area contributed by atoms with Crippen LogP contribution in [0.1, 0.15) is 49.7 Å². The first-order valence-electron chi connectivity index (χ1n) is 9.37. The van der Waals surface area contributed by atoms with Crippen LogP contribution in [0.5, 0.6) is 5.75 Å². The van der Waals surface area contributed by atoms with Crippen molar-refractivity contribution in [2.75, 3.05) is 6.61 Å². The van der Waals surface area contributed by atoms with Crippen molar-refractivity contribution in [1.82, 2.24) is 9.97 Å². The summed E-state index contributed by atoms with van der Waals surface area (Å²) in [5.74, 6) is 0.511. The third-order valence-electron chi connectivity index (χ3n) is 4.58. The summed E-state index contributed by atoms with van der Waals surface area (Å²) in [5, 5.41) is 1.14. The smallest absolute Gasteiger partial charge is 0.344 e. The fourth-order valence-corrected chi connectivity index (χ4v) is 3.14. The molecular formula is C22H23ClN2O4. The predicted octanol–water partition coefficient (Wildman–Crippen LogP) is 4.69. The van der Waals surface area contributed by atoms with E-state index in [0.29, 0.717) is 21.7 Å².